The predicted molar refractivity (Wildman–Crippen MR) is 272 cm³/mol. The van der Waals surface area contributed by atoms with Gasteiger partial charge in [-0.25, -0.2) is 9.36 Å². The average molecular weight is 1080 g/mol. The maximum absolute atomic E-state index is 15.0. The van der Waals surface area contributed by atoms with Crippen molar-refractivity contribution in [2.75, 3.05) is 19.8 Å². The molecule has 2 N–H and O–H groups in total. The van der Waals surface area contributed by atoms with Crippen molar-refractivity contribution in [2.24, 2.45) is 0 Å². The lowest BCUT2D eigenvalue weighted by atomic mass is 9.96. The summed E-state index contributed by atoms with van der Waals surface area (Å²) in [6.45, 7) is 3.33. The van der Waals surface area contributed by atoms with E-state index in [-0.39, 0.29) is 24.3 Å². The highest BCUT2D eigenvalue weighted by atomic mass is 35.6. The van der Waals surface area contributed by atoms with Crippen LogP contribution < -0.4 is 19.7 Å². The van der Waals surface area contributed by atoms with Crippen LogP contribution in [0.4, 0.5) is 4.79 Å². The van der Waals surface area contributed by atoms with Gasteiger partial charge in [0.1, 0.15) is 49.5 Å². The number of unbranched alkanes of at least 4 members (excludes halogenated alkanes) is 18. The minimum atomic E-state index is -4.93. The van der Waals surface area contributed by atoms with Crippen molar-refractivity contribution < 1.29 is 65.8 Å². The van der Waals surface area contributed by atoms with Crippen LogP contribution in [0, 0.1) is 0 Å². The molecule has 400 valence electrons. The van der Waals surface area contributed by atoms with E-state index in [0.717, 1.165) is 64.7 Å². The summed E-state index contributed by atoms with van der Waals surface area (Å²) in [5.41, 5.74) is 0. The number of phosphoric ester groups is 1. The number of benzene rings is 2. The minimum Gasteiger partial charge on any atom is -0.456 e. The number of para-hydroxylation sites is 2. The molecule has 0 bridgehead atoms. The Balaban J connectivity index is 1.93. The standard InChI is InChI=1S/C51H76Cl3N2O14P/c1-4-6-8-10-12-14-15-17-19-21-29-35-44(59)56-46-48(67-45(60)36-55-43(58)34-28-20-18-16-13-11-9-7-5-2)47(42(66-49(46)65-39(3)57)37-63-50(61)64-38-51(52,53)54)70-71(62,68-40-30-24-22-25-31-40)69-41-32-26-23-27-33-41/h22-27,30-33,42,46-49H,4-21,28-29,34-38H2,1-3H3,(H,55,58)(H,56,59)/t42-,46-,47-,48-,49+/m1/s1. The lowest BCUT2D eigenvalue weighted by molar-refractivity contribution is -0.263. The SMILES string of the molecule is CCCCCCCCCCCCCC(=O)N[C@H]1[C@@H](OC(C)=O)O[C@H](COC(=O)OCC(Cl)(Cl)Cl)[C@@H](OP(=O)(Oc2ccccc2)Oc2ccccc2)[C@@H]1OC(=O)CNC(=O)CCCCCCCCCCC. The molecule has 1 heterocycles. The second-order valence-corrected chi connectivity index (χ2v) is 21.6. The number of rotatable bonds is 36. The number of esters is 2. The molecule has 0 aromatic heterocycles. The molecule has 5 atom stereocenters. The number of hydrogen-bond donors (Lipinski definition) is 2. The smallest absolute Gasteiger partial charge is 0.456 e. The van der Waals surface area contributed by atoms with Crippen LogP contribution in [0.5, 0.6) is 11.5 Å². The number of carbonyl (C=O) groups excluding carboxylic acids is 5. The second kappa shape index (κ2) is 35.4. The van der Waals surface area contributed by atoms with E-state index in [9.17, 15) is 24.0 Å². The van der Waals surface area contributed by atoms with Gasteiger partial charge < -0.3 is 43.4 Å². The quantitative estimate of drug-likeness (QED) is 0.0215. The van der Waals surface area contributed by atoms with Gasteiger partial charge in [-0.2, -0.15) is 0 Å². The van der Waals surface area contributed by atoms with Crippen LogP contribution >= 0.6 is 42.6 Å². The molecule has 0 unspecified atom stereocenters. The molecule has 2 aromatic carbocycles. The molecule has 1 aliphatic heterocycles. The van der Waals surface area contributed by atoms with Crippen LogP contribution in [-0.4, -0.2) is 84.1 Å². The predicted octanol–water partition coefficient (Wildman–Crippen LogP) is 12.6. The average Bonchev–Trinajstić information content (AvgIpc) is 3.32. The molecule has 71 heavy (non-hydrogen) atoms. The molecule has 0 spiro atoms. The van der Waals surface area contributed by atoms with Gasteiger partial charge in [-0.1, -0.05) is 201 Å². The molecule has 1 fully saturated rings. The second-order valence-electron chi connectivity index (χ2n) is 17.6. The van der Waals surface area contributed by atoms with Crippen molar-refractivity contribution in [3.05, 3.63) is 60.7 Å². The zero-order chi connectivity index (χ0) is 51.7. The Bertz CT molecular complexity index is 1830. The fourth-order valence-electron chi connectivity index (χ4n) is 7.74. The van der Waals surface area contributed by atoms with Crippen molar-refractivity contribution in [2.45, 2.75) is 196 Å². The molecule has 3 rings (SSSR count). The van der Waals surface area contributed by atoms with Crippen molar-refractivity contribution in [3.63, 3.8) is 0 Å². The number of ether oxygens (including phenoxy) is 5. The number of carbonyl (C=O) groups is 5. The van der Waals surface area contributed by atoms with Gasteiger partial charge >= 0.3 is 25.9 Å². The summed E-state index contributed by atoms with van der Waals surface area (Å²) in [6.07, 6.45) is 13.1. The zero-order valence-electron chi connectivity index (χ0n) is 41.6. The molecule has 16 nitrogen and oxygen atoms in total. The number of phosphoric acid groups is 1. The largest absolute Gasteiger partial charge is 0.588 e. The van der Waals surface area contributed by atoms with E-state index in [2.05, 4.69) is 24.5 Å². The Morgan fingerprint density at radius 1 is 0.620 bits per heavy atom. The maximum atomic E-state index is 15.0. The van der Waals surface area contributed by atoms with Gasteiger partial charge in [0, 0.05) is 19.8 Å². The van der Waals surface area contributed by atoms with E-state index in [1.54, 1.807) is 36.4 Å². The molecule has 0 radical (unpaired) electrons. The first kappa shape index (κ1) is 61.5. The summed E-state index contributed by atoms with van der Waals surface area (Å²) in [5.74, 6) is -2.69. The summed E-state index contributed by atoms with van der Waals surface area (Å²) >= 11 is 17.3. The van der Waals surface area contributed by atoms with Gasteiger partial charge in [-0.3, -0.25) is 23.7 Å². The minimum absolute atomic E-state index is 0.0374. The van der Waals surface area contributed by atoms with Gasteiger partial charge in [0.2, 0.25) is 21.9 Å². The normalized spacial score (nSPS) is 17.9. The number of halogens is 3. The summed E-state index contributed by atoms with van der Waals surface area (Å²) in [6, 6.07) is 14.3. The molecular weight excluding hydrogens is 1000 g/mol. The molecule has 0 saturated carbocycles. The molecule has 2 aromatic rings. The molecular formula is C51H76Cl3N2O14P. The van der Waals surface area contributed by atoms with E-state index in [1.807, 2.05) is 0 Å². The van der Waals surface area contributed by atoms with Crippen molar-refractivity contribution in [1.82, 2.24) is 10.6 Å². The van der Waals surface area contributed by atoms with Crippen LogP contribution in [0.2, 0.25) is 0 Å². The highest BCUT2D eigenvalue weighted by Gasteiger charge is 2.55. The van der Waals surface area contributed by atoms with Crippen LogP contribution in [0.3, 0.4) is 0 Å². The summed E-state index contributed by atoms with van der Waals surface area (Å²) in [7, 11) is -4.93. The van der Waals surface area contributed by atoms with Crippen LogP contribution in [0.15, 0.2) is 60.7 Å². The lowest BCUT2D eigenvalue weighted by Crippen LogP contribution is -2.67. The van der Waals surface area contributed by atoms with Crippen molar-refractivity contribution in [1.29, 1.82) is 0 Å². The lowest BCUT2D eigenvalue weighted by Gasteiger charge is -2.45. The zero-order valence-corrected chi connectivity index (χ0v) is 44.8. The first-order chi connectivity index (χ1) is 34.1. The fourth-order valence-corrected chi connectivity index (χ4v) is 9.34. The Labute approximate surface area is 435 Å². The van der Waals surface area contributed by atoms with E-state index in [4.69, 9.17) is 72.1 Å². The first-order valence-electron chi connectivity index (χ1n) is 25.3. The Morgan fingerprint density at radius 2 is 1.08 bits per heavy atom. The van der Waals surface area contributed by atoms with Crippen molar-refractivity contribution >= 4 is 72.5 Å². The van der Waals surface area contributed by atoms with Gasteiger partial charge in [-0.15, -0.1) is 0 Å². The molecule has 20 heteroatoms. The highest BCUT2D eigenvalue weighted by molar-refractivity contribution is 7.49. The first-order valence-corrected chi connectivity index (χ1v) is 27.9. The van der Waals surface area contributed by atoms with Crippen LogP contribution in [-0.2, 0) is 52.0 Å². The van der Waals surface area contributed by atoms with Gasteiger partial charge in [0.05, 0.1) is 0 Å². The van der Waals surface area contributed by atoms with Gasteiger partial charge in [0.15, 0.2) is 6.10 Å². The van der Waals surface area contributed by atoms with E-state index in [0.29, 0.717) is 12.8 Å². The Morgan fingerprint density at radius 3 is 1.55 bits per heavy atom. The fraction of sp³-hybridized carbons (Fsp3) is 0.667. The molecule has 1 saturated heterocycles. The third-order valence-corrected chi connectivity index (χ3v) is 13.1. The topological polar surface area (TPSA) is 200 Å². The number of hydrogen-bond acceptors (Lipinski definition) is 14. The van der Waals surface area contributed by atoms with Crippen molar-refractivity contribution in [3.8, 4) is 11.5 Å². The molecule has 1 aliphatic rings. The monoisotopic (exact) mass is 1080 g/mol. The van der Waals surface area contributed by atoms with Crippen LogP contribution in [0.1, 0.15) is 162 Å². The van der Waals surface area contributed by atoms with Gasteiger partial charge in [-0.05, 0) is 37.1 Å². The maximum Gasteiger partial charge on any atom is 0.588 e. The molecule has 2 amide bonds. The summed E-state index contributed by atoms with van der Waals surface area (Å²) < 4.78 is 59.2. The number of amides is 2. The van der Waals surface area contributed by atoms with Crippen LogP contribution in [0.25, 0.3) is 0 Å². The van der Waals surface area contributed by atoms with E-state index >= 15 is 4.57 Å². The van der Waals surface area contributed by atoms with E-state index < -0.39 is 91.9 Å². The summed E-state index contributed by atoms with van der Waals surface area (Å²) in [4.78, 5) is 66.2. The number of nitrogens with one attached hydrogen (secondary N) is 2. The van der Waals surface area contributed by atoms with Gasteiger partial charge in [0.25, 0.3) is 0 Å². The third kappa shape index (κ3) is 27.7. The number of alkyl halides is 3. The Hall–Kier alpha value is -3.79. The highest BCUT2D eigenvalue weighted by Crippen LogP contribution is 2.52. The Kier molecular flexibility index (Phi) is 30.6. The van der Waals surface area contributed by atoms with E-state index in [1.165, 1.54) is 82.1 Å². The third-order valence-electron chi connectivity index (χ3n) is 11.4. The summed E-state index contributed by atoms with van der Waals surface area (Å²) in [5, 5.41) is 5.38. The molecule has 0 aliphatic carbocycles.